The molecule has 1 heterocycles. The van der Waals surface area contributed by atoms with Crippen LogP contribution in [-0.4, -0.2) is 29.1 Å². The van der Waals surface area contributed by atoms with E-state index in [1.54, 1.807) is 23.9 Å². The molecule has 0 radical (unpaired) electrons. The van der Waals surface area contributed by atoms with Crippen molar-refractivity contribution in [2.45, 2.75) is 13.5 Å². The number of thioether (sulfide) groups is 1. The Balaban J connectivity index is 2.10. The summed E-state index contributed by atoms with van der Waals surface area (Å²) in [6.45, 7) is 3.25. The molecule has 0 aliphatic rings. The Hall–Kier alpha value is -2.12. The molecule has 0 atom stereocenters. The Labute approximate surface area is 159 Å². The number of carbonyl (C=O) groups excluding carboxylic acids is 1. The van der Waals surface area contributed by atoms with Crippen molar-refractivity contribution in [1.82, 2.24) is 4.57 Å². The molecule has 1 amide bonds. The van der Waals surface area contributed by atoms with Gasteiger partial charge in [-0.3, -0.25) is 4.79 Å². The minimum Gasteiger partial charge on any atom is -0.494 e. The summed E-state index contributed by atoms with van der Waals surface area (Å²) in [5.74, 6) is 0.541. The first-order valence-electron chi connectivity index (χ1n) is 8.22. The molecule has 1 aromatic heterocycles. The molecule has 2 aromatic carbocycles. The maximum atomic E-state index is 13.9. The van der Waals surface area contributed by atoms with Gasteiger partial charge in [-0.05, 0) is 43.5 Å². The van der Waals surface area contributed by atoms with Crippen LogP contribution < -0.4 is 9.54 Å². The zero-order chi connectivity index (χ0) is 18.5. The van der Waals surface area contributed by atoms with Gasteiger partial charge in [0.25, 0.3) is 5.91 Å². The third-order valence-electron chi connectivity index (χ3n) is 3.79. The van der Waals surface area contributed by atoms with E-state index in [1.165, 1.54) is 23.5 Å². The number of nitrogens with zero attached hydrogens (tertiary/aromatic N) is 2. The highest BCUT2D eigenvalue weighted by molar-refractivity contribution is 7.98. The number of fused-ring (bicyclic) bond motifs is 1. The lowest BCUT2D eigenvalue weighted by atomic mass is 10.2. The molecule has 3 rings (SSSR count). The molecule has 0 fully saturated rings. The van der Waals surface area contributed by atoms with Crippen molar-refractivity contribution in [3.63, 3.8) is 0 Å². The van der Waals surface area contributed by atoms with Gasteiger partial charge in [0.1, 0.15) is 11.6 Å². The van der Waals surface area contributed by atoms with Crippen molar-refractivity contribution in [2.75, 3.05) is 18.6 Å². The van der Waals surface area contributed by atoms with Gasteiger partial charge in [0.05, 0.1) is 22.4 Å². The maximum Gasteiger partial charge on any atom is 0.282 e. The van der Waals surface area contributed by atoms with E-state index in [9.17, 15) is 9.18 Å². The number of hydrogen-bond donors (Lipinski definition) is 0. The first kappa shape index (κ1) is 18.7. The summed E-state index contributed by atoms with van der Waals surface area (Å²) in [6.07, 6.45) is 2.03. The molecule has 0 saturated heterocycles. The van der Waals surface area contributed by atoms with Crippen LogP contribution in [0.2, 0.25) is 0 Å². The van der Waals surface area contributed by atoms with E-state index in [1.807, 2.05) is 35.9 Å². The average Bonchev–Trinajstić information content (AvgIpc) is 2.96. The molecule has 4 nitrogen and oxygen atoms in total. The van der Waals surface area contributed by atoms with E-state index in [0.29, 0.717) is 11.4 Å². The summed E-state index contributed by atoms with van der Waals surface area (Å²) >= 11 is 3.13. The summed E-state index contributed by atoms with van der Waals surface area (Å²) in [7, 11) is 0. The molecule has 0 aliphatic carbocycles. The van der Waals surface area contributed by atoms with Gasteiger partial charge in [-0.1, -0.05) is 23.5 Å². The lowest BCUT2D eigenvalue weighted by Crippen LogP contribution is -2.18. The van der Waals surface area contributed by atoms with Gasteiger partial charge >= 0.3 is 0 Å². The largest absolute Gasteiger partial charge is 0.494 e. The van der Waals surface area contributed by atoms with Crippen molar-refractivity contribution in [3.05, 3.63) is 58.6 Å². The first-order chi connectivity index (χ1) is 12.6. The zero-order valence-corrected chi connectivity index (χ0v) is 16.2. The van der Waals surface area contributed by atoms with Crippen molar-refractivity contribution in [3.8, 4) is 5.75 Å². The van der Waals surface area contributed by atoms with Crippen LogP contribution in [0.15, 0.2) is 47.5 Å². The Kier molecular flexibility index (Phi) is 6.11. The van der Waals surface area contributed by atoms with Gasteiger partial charge in [0, 0.05) is 12.3 Å². The maximum absolute atomic E-state index is 13.9. The molecular formula is C19H19FN2O2S2. The van der Waals surface area contributed by atoms with Gasteiger partial charge in [0.2, 0.25) is 0 Å². The molecule has 7 heteroatoms. The van der Waals surface area contributed by atoms with Crippen LogP contribution in [0, 0.1) is 5.82 Å². The van der Waals surface area contributed by atoms with Crippen LogP contribution >= 0.6 is 23.1 Å². The van der Waals surface area contributed by atoms with Gasteiger partial charge in [-0.25, -0.2) is 4.39 Å². The fraction of sp³-hybridized carbons (Fsp3) is 0.263. The number of aryl methyl sites for hydroxylation is 1. The van der Waals surface area contributed by atoms with Crippen molar-refractivity contribution >= 4 is 39.2 Å². The van der Waals surface area contributed by atoms with Gasteiger partial charge in [-0.15, -0.1) is 0 Å². The summed E-state index contributed by atoms with van der Waals surface area (Å²) in [5, 5.41) is 0. The molecule has 0 bridgehead atoms. The van der Waals surface area contributed by atoms with Crippen LogP contribution in [0.25, 0.3) is 10.2 Å². The highest BCUT2D eigenvalue weighted by Gasteiger charge is 2.12. The lowest BCUT2D eigenvalue weighted by molar-refractivity contribution is 0.0994. The highest BCUT2D eigenvalue weighted by Crippen LogP contribution is 2.24. The summed E-state index contributed by atoms with van der Waals surface area (Å²) in [4.78, 5) is 17.2. The Morgan fingerprint density at radius 3 is 2.85 bits per heavy atom. The monoisotopic (exact) mass is 390 g/mol. The second-order valence-corrected chi connectivity index (χ2v) is 7.48. The molecule has 0 saturated carbocycles. The molecule has 0 aliphatic heterocycles. The van der Waals surface area contributed by atoms with Crippen LogP contribution in [0.4, 0.5) is 4.39 Å². The number of amides is 1. The fourth-order valence-electron chi connectivity index (χ4n) is 2.58. The van der Waals surface area contributed by atoms with Crippen LogP contribution in [0.3, 0.4) is 0 Å². The van der Waals surface area contributed by atoms with E-state index >= 15 is 0 Å². The third kappa shape index (κ3) is 3.99. The number of hydrogen-bond acceptors (Lipinski definition) is 4. The van der Waals surface area contributed by atoms with Crippen LogP contribution in [-0.2, 0) is 6.54 Å². The van der Waals surface area contributed by atoms with E-state index < -0.39 is 11.7 Å². The minimum atomic E-state index is -0.572. The number of halogens is 1. The topological polar surface area (TPSA) is 43.6 Å². The summed E-state index contributed by atoms with van der Waals surface area (Å²) < 4.78 is 22.4. The summed E-state index contributed by atoms with van der Waals surface area (Å²) in [6, 6.07) is 11.7. The second-order valence-electron chi connectivity index (χ2n) is 5.49. The minimum absolute atomic E-state index is 0.0172. The summed E-state index contributed by atoms with van der Waals surface area (Å²) in [5.41, 5.74) is 0.976. The Bertz CT molecular complexity index is 995. The third-order valence-corrected chi connectivity index (χ3v) is 5.42. The smallest absolute Gasteiger partial charge is 0.282 e. The predicted molar refractivity (Wildman–Crippen MR) is 106 cm³/mol. The standard InChI is InChI=1S/C19H19FN2O2S2/c1-3-24-13-8-9-16-17(12-13)26-19(22(16)10-11-25-2)21-18(23)14-6-4-5-7-15(14)20/h4-9,12H,3,10-11H2,1-2H3. The van der Waals surface area contributed by atoms with Crippen LogP contribution in [0.5, 0.6) is 5.75 Å². The van der Waals surface area contributed by atoms with E-state index in [-0.39, 0.29) is 5.56 Å². The highest BCUT2D eigenvalue weighted by atomic mass is 32.2. The number of thiazole rings is 1. The van der Waals surface area contributed by atoms with Crippen LogP contribution in [0.1, 0.15) is 17.3 Å². The quantitative estimate of drug-likeness (QED) is 0.629. The second kappa shape index (κ2) is 8.51. The molecule has 0 spiro atoms. The van der Waals surface area contributed by atoms with E-state index in [4.69, 9.17) is 4.74 Å². The predicted octanol–water partition coefficient (Wildman–Crippen LogP) is 4.34. The number of ether oxygens (including phenoxy) is 1. The van der Waals surface area contributed by atoms with Gasteiger partial charge in [0.15, 0.2) is 4.80 Å². The van der Waals surface area contributed by atoms with E-state index in [0.717, 1.165) is 28.3 Å². The lowest BCUT2D eigenvalue weighted by Gasteiger charge is -2.05. The fourth-order valence-corrected chi connectivity index (χ4v) is 4.02. The molecule has 0 unspecified atom stereocenters. The number of benzene rings is 2. The molecule has 0 N–H and O–H groups in total. The Morgan fingerprint density at radius 1 is 1.31 bits per heavy atom. The van der Waals surface area contributed by atoms with E-state index in [2.05, 4.69) is 4.99 Å². The molecular weight excluding hydrogens is 371 g/mol. The molecule has 3 aromatic rings. The first-order valence-corrected chi connectivity index (χ1v) is 10.4. The molecule has 26 heavy (non-hydrogen) atoms. The zero-order valence-electron chi connectivity index (χ0n) is 14.6. The van der Waals surface area contributed by atoms with Crippen molar-refractivity contribution < 1.29 is 13.9 Å². The van der Waals surface area contributed by atoms with Crippen molar-refractivity contribution in [2.24, 2.45) is 4.99 Å². The Morgan fingerprint density at radius 2 is 2.12 bits per heavy atom. The van der Waals surface area contributed by atoms with Gasteiger partial charge in [-0.2, -0.15) is 16.8 Å². The van der Waals surface area contributed by atoms with Crippen molar-refractivity contribution in [1.29, 1.82) is 0 Å². The normalized spacial score (nSPS) is 11.9. The van der Waals surface area contributed by atoms with Gasteiger partial charge < -0.3 is 9.30 Å². The average molecular weight is 391 g/mol. The SMILES string of the molecule is CCOc1ccc2c(c1)sc(=NC(=O)c1ccccc1F)n2CCSC. The number of carbonyl (C=O) groups is 1. The number of rotatable bonds is 6. The number of aromatic nitrogens is 1. The molecule has 136 valence electrons.